The topological polar surface area (TPSA) is 40.5 Å². The Kier molecular flexibility index (Phi) is 3.66. The van der Waals surface area contributed by atoms with E-state index in [1.165, 1.54) is 12.1 Å². The molecular formula is C14H18FNO2. The first-order valence-corrected chi connectivity index (χ1v) is 6.24. The maximum Gasteiger partial charge on any atom is 0.321 e. The predicted octanol–water partition coefficient (Wildman–Crippen LogP) is 2.68. The van der Waals surface area contributed by atoms with Gasteiger partial charge < -0.3 is 5.11 Å². The number of hydrogen-bond acceptors (Lipinski definition) is 2. The average Bonchev–Trinajstić information content (AvgIpc) is 2.70. The fourth-order valence-corrected chi connectivity index (χ4v) is 2.75. The smallest absolute Gasteiger partial charge is 0.321 e. The first-order chi connectivity index (χ1) is 8.50. The number of carboxylic acids is 1. The molecule has 18 heavy (non-hydrogen) atoms. The van der Waals surface area contributed by atoms with E-state index in [4.69, 9.17) is 0 Å². The highest BCUT2D eigenvalue weighted by molar-refractivity contribution is 5.74. The maximum absolute atomic E-state index is 13.2. The molecule has 3 atom stereocenters. The molecule has 1 heterocycles. The third-order valence-corrected chi connectivity index (χ3v) is 3.82. The highest BCUT2D eigenvalue weighted by Gasteiger charge is 2.39. The molecule has 1 aromatic rings. The average molecular weight is 251 g/mol. The zero-order valence-electron chi connectivity index (χ0n) is 10.6. The fraction of sp³-hybridized carbons (Fsp3) is 0.500. The van der Waals surface area contributed by atoms with Gasteiger partial charge in [0.2, 0.25) is 0 Å². The Bertz CT molecular complexity index is 449. The summed E-state index contributed by atoms with van der Waals surface area (Å²) < 4.78 is 13.2. The van der Waals surface area contributed by atoms with Gasteiger partial charge in [-0.3, -0.25) is 9.69 Å². The summed E-state index contributed by atoms with van der Waals surface area (Å²) in [6.45, 7) is 4.63. The SMILES string of the molecule is CC1CCN(C(C)c2cccc(F)c2)C1C(=O)O. The van der Waals surface area contributed by atoms with Gasteiger partial charge in [-0.2, -0.15) is 0 Å². The van der Waals surface area contributed by atoms with Crippen molar-refractivity contribution < 1.29 is 14.3 Å². The van der Waals surface area contributed by atoms with Gasteiger partial charge in [-0.15, -0.1) is 0 Å². The molecule has 2 rings (SSSR count). The summed E-state index contributed by atoms with van der Waals surface area (Å²) >= 11 is 0. The number of halogens is 1. The summed E-state index contributed by atoms with van der Waals surface area (Å²) in [6, 6.07) is 5.84. The van der Waals surface area contributed by atoms with E-state index in [2.05, 4.69) is 0 Å². The maximum atomic E-state index is 13.2. The molecule has 3 nitrogen and oxygen atoms in total. The van der Waals surface area contributed by atoms with Crippen LogP contribution in [0.1, 0.15) is 31.9 Å². The molecule has 0 amide bonds. The molecule has 0 bridgehead atoms. The summed E-state index contributed by atoms with van der Waals surface area (Å²) in [4.78, 5) is 13.3. The quantitative estimate of drug-likeness (QED) is 0.898. The van der Waals surface area contributed by atoms with E-state index < -0.39 is 12.0 Å². The van der Waals surface area contributed by atoms with Crippen LogP contribution in [-0.2, 0) is 4.79 Å². The number of likely N-dealkylation sites (tertiary alicyclic amines) is 1. The lowest BCUT2D eigenvalue weighted by atomic mass is 10.0. The molecule has 1 N–H and O–H groups in total. The van der Waals surface area contributed by atoms with Crippen molar-refractivity contribution in [2.45, 2.75) is 32.4 Å². The minimum absolute atomic E-state index is 0.0771. The number of hydrogen-bond donors (Lipinski definition) is 1. The van der Waals surface area contributed by atoms with E-state index in [0.29, 0.717) is 0 Å². The van der Waals surface area contributed by atoms with Crippen LogP contribution < -0.4 is 0 Å². The van der Waals surface area contributed by atoms with Gasteiger partial charge in [-0.05, 0) is 43.5 Å². The van der Waals surface area contributed by atoms with E-state index in [-0.39, 0.29) is 17.8 Å². The molecule has 1 fully saturated rings. The third kappa shape index (κ3) is 2.38. The molecule has 1 aliphatic rings. The van der Waals surface area contributed by atoms with Crippen LogP contribution in [0, 0.1) is 11.7 Å². The van der Waals surface area contributed by atoms with Crippen molar-refractivity contribution in [1.29, 1.82) is 0 Å². The molecular weight excluding hydrogens is 233 g/mol. The molecule has 1 saturated heterocycles. The van der Waals surface area contributed by atoms with Gasteiger partial charge in [-0.25, -0.2) is 4.39 Å². The summed E-state index contributed by atoms with van der Waals surface area (Å²) in [7, 11) is 0. The minimum Gasteiger partial charge on any atom is -0.480 e. The molecule has 3 unspecified atom stereocenters. The van der Waals surface area contributed by atoms with Crippen molar-refractivity contribution in [3.05, 3.63) is 35.6 Å². The van der Waals surface area contributed by atoms with Crippen LogP contribution in [0.25, 0.3) is 0 Å². The van der Waals surface area contributed by atoms with E-state index >= 15 is 0 Å². The lowest BCUT2D eigenvalue weighted by Gasteiger charge is -2.29. The van der Waals surface area contributed by atoms with Crippen molar-refractivity contribution in [1.82, 2.24) is 4.90 Å². The van der Waals surface area contributed by atoms with Crippen molar-refractivity contribution in [2.24, 2.45) is 5.92 Å². The zero-order chi connectivity index (χ0) is 13.3. The molecule has 4 heteroatoms. The van der Waals surface area contributed by atoms with Crippen LogP contribution >= 0.6 is 0 Å². The Morgan fingerprint density at radius 2 is 2.28 bits per heavy atom. The molecule has 0 aliphatic carbocycles. The molecule has 0 aromatic heterocycles. The van der Waals surface area contributed by atoms with Crippen LogP contribution in [-0.4, -0.2) is 28.6 Å². The van der Waals surface area contributed by atoms with Gasteiger partial charge in [0.15, 0.2) is 0 Å². The Hall–Kier alpha value is -1.42. The van der Waals surface area contributed by atoms with Gasteiger partial charge in [0.1, 0.15) is 11.9 Å². The predicted molar refractivity (Wildman–Crippen MR) is 66.7 cm³/mol. The molecule has 98 valence electrons. The molecule has 0 spiro atoms. The summed E-state index contributed by atoms with van der Waals surface area (Å²) in [5.74, 6) is -0.930. The van der Waals surface area contributed by atoms with Crippen molar-refractivity contribution in [2.75, 3.05) is 6.54 Å². The molecule has 1 aromatic carbocycles. The second-order valence-corrected chi connectivity index (χ2v) is 5.02. The van der Waals surface area contributed by atoms with Crippen molar-refractivity contribution >= 4 is 5.97 Å². The Morgan fingerprint density at radius 3 is 2.89 bits per heavy atom. The van der Waals surface area contributed by atoms with Crippen molar-refractivity contribution in [3.8, 4) is 0 Å². The van der Waals surface area contributed by atoms with Crippen LogP contribution in [0.4, 0.5) is 4.39 Å². The number of rotatable bonds is 3. The Balaban J connectivity index is 2.23. The highest BCUT2D eigenvalue weighted by atomic mass is 19.1. The summed E-state index contributed by atoms with van der Waals surface area (Å²) in [5, 5.41) is 9.29. The number of aliphatic carboxylic acids is 1. The van der Waals surface area contributed by atoms with Crippen LogP contribution in [0.15, 0.2) is 24.3 Å². The van der Waals surface area contributed by atoms with Gasteiger partial charge in [-0.1, -0.05) is 19.1 Å². The number of carbonyl (C=O) groups is 1. The number of carboxylic acid groups (broad SMARTS) is 1. The van der Waals surface area contributed by atoms with Gasteiger partial charge in [0.25, 0.3) is 0 Å². The van der Waals surface area contributed by atoms with E-state index in [1.54, 1.807) is 6.07 Å². The first-order valence-electron chi connectivity index (χ1n) is 6.24. The van der Waals surface area contributed by atoms with Crippen LogP contribution in [0.2, 0.25) is 0 Å². The van der Waals surface area contributed by atoms with E-state index in [9.17, 15) is 14.3 Å². The van der Waals surface area contributed by atoms with Crippen molar-refractivity contribution in [3.63, 3.8) is 0 Å². The minimum atomic E-state index is -0.789. The lowest BCUT2D eigenvalue weighted by Crippen LogP contribution is -2.40. The first kappa shape index (κ1) is 13.0. The van der Waals surface area contributed by atoms with E-state index in [1.807, 2.05) is 24.8 Å². The standard InChI is InChI=1S/C14H18FNO2/c1-9-6-7-16(13(9)14(17)18)10(2)11-4-3-5-12(15)8-11/h3-5,8-10,13H,6-7H2,1-2H3,(H,17,18). The van der Waals surface area contributed by atoms with Crippen LogP contribution in [0.5, 0.6) is 0 Å². The van der Waals surface area contributed by atoms with Gasteiger partial charge in [0.05, 0.1) is 0 Å². The largest absolute Gasteiger partial charge is 0.480 e. The Labute approximate surface area is 106 Å². The summed E-state index contributed by atoms with van der Waals surface area (Å²) in [5.41, 5.74) is 0.829. The molecule has 0 saturated carbocycles. The lowest BCUT2D eigenvalue weighted by molar-refractivity contribution is -0.144. The molecule has 1 aliphatic heterocycles. The second kappa shape index (κ2) is 5.06. The fourth-order valence-electron chi connectivity index (χ4n) is 2.75. The van der Waals surface area contributed by atoms with Crippen LogP contribution in [0.3, 0.4) is 0 Å². The second-order valence-electron chi connectivity index (χ2n) is 5.02. The third-order valence-electron chi connectivity index (χ3n) is 3.82. The van der Waals surface area contributed by atoms with Gasteiger partial charge in [0, 0.05) is 6.04 Å². The summed E-state index contributed by atoms with van der Waals surface area (Å²) in [6.07, 6.45) is 0.872. The number of benzene rings is 1. The number of nitrogens with zero attached hydrogens (tertiary/aromatic N) is 1. The zero-order valence-corrected chi connectivity index (χ0v) is 10.6. The molecule has 0 radical (unpaired) electrons. The normalized spacial score (nSPS) is 26.2. The highest BCUT2D eigenvalue weighted by Crippen LogP contribution is 2.32. The monoisotopic (exact) mass is 251 g/mol. The van der Waals surface area contributed by atoms with Gasteiger partial charge >= 0.3 is 5.97 Å². The van der Waals surface area contributed by atoms with E-state index in [0.717, 1.165) is 18.5 Å². The Morgan fingerprint density at radius 1 is 1.56 bits per heavy atom.